The largest absolute Gasteiger partial charge is 0.392 e. The molecule has 0 fully saturated rings. The number of benzene rings is 1. The maximum Gasteiger partial charge on any atom is 0.217 e. The van der Waals surface area contributed by atoms with E-state index in [1.54, 1.807) is 0 Å². The lowest BCUT2D eigenvalue weighted by molar-refractivity contribution is -0.118. The van der Waals surface area contributed by atoms with Gasteiger partial charge in [0.15, 0.2) is 0 Å². The summed E-state index contributed by atoms with van der Waals surface area (Å²) in [7, 11) is 0. The van der Waals surface area contributed by atoms with Gasteiger partial charge in [-0.2, -0.15) is 0 Å². The van der Waals surface area contributed by atoms with Gasteiger partial charge in [0.1, 0.15) is 5.82 Å². The molecular weight excluding hydrogens is 209 g/mol. The SMILES string of the molecule is CC(=O)NCC#Cc1cc(F)ccc1CO. The number of aliphatic hydroxyl groups excluding tert-OH is 1. The normalized spacial score (nSPS) is 9.19. The van der Waals surface area contributed by atoms with Crippen molar-refractivity contribution in [2.24, 2.45) is 0 Å². The molecular formula is C12H12FNO2. The first kappa shape index (κ1) is 12.2. The molecule has 1 rings (SSSR count). The van der Waals surface area contributed by atoms with Crippen molar-refractivity contribution in [1.82, 2.24) is 5.32 Å². The molecule has 1 amide bonds. The molecule has 1 aromatic carbocycles. The lowest BCUT2D eigenvalue weighted by atomic mass is 10.1. The molecule has 0 aliphatic rings. The number of aliphatic hydroxyl groups is 1. The summed E-state index contributed by atoms with van der Waals surface area (Å²) >= 11 is 0. The Hall–Kier alpha value is -1.86. The van der Waals surface area contributed by atoms with Crippen LogP contribution >= 0.6 is 0 Å². The fraction of sp³-hybridized carbons (Fsp3) is 0.250. The molecule has 4 heteroatoms. The first-order valence-electron chi connectivity index (χ1n) is 4.76. The molecule has 0 spiro atoms. The Balaban J connectivity index is 2.78. The number of nitrogens with one attached hydrogen (secondary N) is 1. The van der Waals surface area contributed by atoms with Crippen LogP contribution in [0.25, 0.3) is 0 Å². The minimum Gasteiger partial charge on any atom is -0.392 e. The molecule has 0 radical (unpaired) electrons. The third-order valence-corrected chi connectivity index (χ3v) is 1.89. The van der Waals surface area contributed by atoms with Gasteiger partial charge >= 0.3 is 0 Å². The molecule has 84 valence electrons. The highest BCUT2D eigenvalue weighted by Crippen LogP contribution is 2.09. The van der Waals surface area contributed by atoms with Gasteiger partial charge in [0.25, 0.3) is 0 Å². The van der Waals surface area contributed by atoms with Crippen molar-refractivity contribution < 1.29 is 14.3 Å². The highest BCUT2D eigenvalue weighted by Gasteiger charge is 1.99. The standard InChI is InChI=1S/C12H12FNO2/c1-9(16)14-6-2-3-10-7-12(13)5-4-11(10)8-15/h4-5,7,15H,6,8H2,1H3,(H,14,16). The van der Waals surface area contributed by atoms with E-state index in [1.165, 1.54) is 25.1 Å². The van der Waals surface area contributed by atoms with E-state index in [0.29, 0.717) is 11.1 Å². The average Bonchev–Trinajstić information content (AvgIpc) is 2.24. The summed E-state index contributed by atoms with van der Waals surface area (Å²) in [6.07, 6.45) is 0. The summed E-state index contributed by atoms with van der Waals surface area (Å²) in [5.74, 6) is 4.80. The second-order valence-corrected chi connectivity index (χ2v) is 3.17. The van der Waals surface area contributed by atoms with Crippen LogP contribution in [-0.2, 0) is 11.4 Å². The summed E-state index contributed by atoms with van der Waals surface area (Å²) in [6, 6.07) is 4.01. The first-order valence-corrected chi connectivity index (χ1v) is 4.76. The van der Waals surface area contributed by atoms with Crippen molar-refractivity contribution in [3.8, 4) is 11.8 Å². The maximum atomic E-state index is 12.9. The van der Waals surface area contributed by atoms with Crippen LogP contribution in [-0.4, -0.2) is 17.6 Å². The van der Waals surface area contributed by atoms with Crippen molar-refractivity contribution in [3.63, 3.8) is 0 Å². The van der Waals surface area contributed by atoms with Crippen molar-refractivity contribution in [1.29, 1.82) is 0 Å². The number of carbonyl (C=O) groups is 1. The fourth-order valence-electron chi connectivity index (χ4n) is 1.11. The van der Waals surface area contributed by atoms with E-state index in [2.05, 4.69) is 17.2 Å². The first-order chi connectivity index (χ1) is 7.63. The predicted molar refractivity (Wildman–Crippen MR) is 57.9 cm³/mol. The van der Waals surface area contributed by atoms with E-state index in [-0.39, 0.29) is 19.1 Å². The smallest absolute Gasteiger partial charge is 0.217 e. The third-order valence-electron chi connectivity index (χ3n) is 1.89. The summed E-state index contributed by atoms with van der Waals surface area (Å²) in [6.45, 7) is 1.41. The topological polar surface area (TPSA) is 49.3 Å². The Morgan fingerprint density at radius 3 is 2.94 bits per heavy atom. The molecule has 0 aromatic heterocycles. The molecule has 2 N–H and O–H groups in total. The number of carbonyl (C=O) groups excluding carboxylic acids is 1. The van der Waals surface area contributed by atoms with Gasteiger partial charge < -0.3 is 10.4 Å². The average molecular weight is 221 g/mol. The quantitative estimate of drug-likeness (QED) is 0.726. The van der Waals surface area contributed by atoms with Crippen molar-refractivity contribution in [2.75, 3.05) is 6.54 Å². The highest BCUT2D eigenvalue weighted by molar-refractivity contribution is 5.73. The fourth-order valence-corrected chi connectivity index (χ4v) is 1.11. The second-order valence-electron chi connectivity index (χ2n) is 3.17. The van der Waals surface area contributed by atoms with E-state index < -0.39 is 5.82 Å². The molecule has 0 bridgehead atoms. The minimum absolute atomic E-state index is 0.170. The lowest BCUT2D eigenvalue weighted by Crippen LogP contribution is -2.19. The zero-order valence-corrected chi connectivity index (χ0v) is 8.88. The molecule has 0 saturated heterocycles. The summed E-state index contributed by atoms with van der Waals surface area (Å²) in [5.41, 5.74) is 1.00. The van der Waals surface area contributed by atoms with Gasteiger partial charge in [-0.3, -0.25) is 4.79 Å². The molecule has 16 heavy (non-hydrogen) atoms. The van der Waals surface area contributed by atoms with E-state index in [9.17, 15) is 9.18 Å². The van der Waals surface area contributed by atoms with Crippen LogP contribution < -0.4 is 5.32 Å². The Kier molecular flexibility index (Phi) is 4.49. The Morgan fingerprint density at radius 1 is 1.56 bits per heavy atom. The van der Waals surface area contributed by atoms with Gasteiger partial charge in [0, 0.05) is 12.5 Å². The van der Waals surface area contributed by atoms with Crippen LogP contribution in [0.1, 0.15) is 18.1 Å². The molecule has 0 aliphatic heterocycles. The summed E-state index contributed by atoms with van der Waals surface area (Å²) < 4.78 is 12.9. The Bertz CT molecular complexity index is 446. The molecule has 0 heterocycles. The number of rotatable bonds is 2. The van der Waals surface area contributed by atoms with Gasteiger partial charge in [-0.05, 0) is 17.7 Å². The van der Waals surface area contributed by atoms with Gasteiger partial charge in [-0.25, -0.2) is 4.39 Å². The lowest BCUT2D eigenvalue weighted by Gasteiger charge is -2.00. The van der Waals surface area contributed by atoms with Crippen LogP contribution in [0.3, 0.4) is 0 Å². The zero-order chi connectivity index (χ0) is 12.0. The maximum absolute atomic E-state index is 12.9. The van der Waals surface area contributed by atoms with Crippen LogP contribution in [0.4, 0.5) is 4.39 Å². The van der Waals surface area contributed by atoms with Crippen LogP contribution in [0, 0.1) is 17.7 Å². The van der Waals surface area contributed by atoms with Crippen LogP contribution in [0.5, 0.6) is 0 Å². The number of amides is 1. The van der Waals surface area contributed by atoms with Gasteiger partial charge in [-0.1, -0.05) is 17.9 Å². The van der Waals surface area contributed by atoms with Crippen molar-refractivity contribution in [3.05, 3.63) is 35.1 Å². The summed E-state index contributed by atoms with van der Waals surface area (Å²) in [5, 5.41) is 11.5. The third kappa shape index (κ3) is 3.71. The second kappa shape index (κ2) is 5.89. The molecule has 0 atom stereocenters. The van der Waals surface area contributed by atoms with E-state index in [0.717, 1.165) is 0 Å². The van der Waals surface area contributed by atoms with Crippen molar-refractivity contribution >= 4 is 5.91 Å². The highest BCUT2D eigenvalue weighted by atomic mass is 19.1. The van der Waals surface area contributed by atoms with Gasteiger partial charge in [0.05, 0.1) is 13.2 Å². The van der Waals surface area contributed by atoms with Crippen LogP contribution in [0.2, 0.25) is 0 Å². The van der Waals surface area contributed by atoms with E-state index in [4.69, 9.17) is 5.11 Å². The minimum atomic E-state index is -0.402. The van der Waals surface area contributed by atoms with E-state index in [1.807, 2.05) is 0 Å². The molecule has 1 aromatic rings. The van der Waals surface area contributed by atoms with E-state index >= 15 is 0 Å². The molecule has 3 nitrogen and oxygen atoms in total. The van der Waals surface area contributed by atoms with Gasteiger partial charge in [0.2, 0.25) is 5.91 Å². The number of hydrogen-bond acceptors (Lipinski definition) is 2. The summed E-state index contributed by atoms with van der Waals surface area (Å²) in [4.78, 5) is 10.6. The zero-order valence-electron chi connectivity index (χ0n) is 8.88. The monoisotopic (exact) mass is 221 g/mol. The molecule has 0 saturated carbocycles. The van der Waals surface area contributed by atoms with Crippen molar-refractivity contribution in [2.45, 2.75) is 13.5 Å². The Morgan fingerprint density at radius 2 is 2.31 bits per heavy atom. The molecule has 0 unspecified atom stereocenters. The predicted octanol–water partition coefficient (Wildman–Crippen LogP) is 0.806. The van der Waals surface area contributed by atoms with Crippen LogP contribution in [0.15, 0.2) is 18.2 Å². The molecule has 0 aliphatic carbocycles. The van der Waals surface area contributed by atoms with Gasteiger partial charge in [-0.15, -0.1) is 0 Å². The number of halogens is 1. The number of hydrogen-bond donors (Lipinski definition) is 2. The Labute approximate surface area is 93.3 Å².